The Bertz CT molecular complexity index is 264. The summed E-state index contributed by atoms with van der Waals surface area (Å²) in [6.07, 6.45) is 2.07. The highest BCUT2D eigenvalue weighted by atomic mass is 16.2. The standard InChI is InChI=1S/C9H16N4O/c1-2-10-9(14)13-4-3-8-7(6-13)5-11-12-8/h3,7,11-12H,2,4-6H2,1H3,(H,10,14). The minimum absolute atomic E-state index is 0.0368. The van der Waals surface area contributed by atoms with Crippen molar-refractivity contribution in [1.29, 1.82) is 0 Å². The summed E-state index contributed by atoms with van der Waals surface area (Å²) in [5, 5.41) is 2.81. The second kappa shape index (κ2) is 3.88. The number of amides is 2. The van der Waals surface area contributed by atoms with Crippen LogP contribution in [0, 0.1) is 5.92 Å². The summed E-state index contributed by atoms with van der Waals surface area (Å²) in [6.45, 7) is 5.03. The minimum atomic E-state index is 0.0368. The van der Waals surface area contributed by atoms with Gasteiger partial charge in [0, 0.05) is 37.8 Å². The van der Waals surface area contributed by atoms with Crippen LogP contribution in [-0.4, -0.2) is 37.1 Å². The van der Waals surface area contributed by atoms with E-state index in [9.17, 15) is 4.79 Å². The Morgan fingerprint density at radius 2 is 2.64 bits per heavy atom. The lowest BCUT2D eigenvalue weighted by molar-refractivity contribution is 0.195. The third-order valence-corrected chi connectivity index (χ3v) is 2.61. The van der Waals surface area contributed by atoms with Crippen molar-refractivity contribution in [3.63, 3.8) is 0 Å². The molecule has 0 aromatic carbocycles. The first kappa shape index (κ1) is 9.33. The van der Waals surface area contributed by atoms with Gasteiger partial charge >= 0.3 is 6.03 Å². The third kappa shape index (κ3) is 1.68. The number of carbonyl (C=O) groups is 1. The van der Waals surface area contributed by atoms with Crippen LogP contribution in [0.3, 0.4) is 0 Å². The Labute approximate surface area is 83.5 Å². The summed E-state index contributed by atoms with van der Waals surface area (Å²) < 4.78 is 0. The Balaban J connectivity index is 1.96. The molecular weight excluding hydrogens is 180 g/mol. The van der Waals surface area contributed by atoms with Crippen molar-refractivity contribution in [2.45, 2.75) is 6.92 Å². The lowest BCUT2D eigenvalue weighted by Crippen LogP contribution is -2.45. The normalized spacial score (nSPS) is 25.1. The van der Waals surface area contributed by atoms with Crippen LogP contribution < -0.4 is 16.2 Å². The second-order valence-electron chi connectivity index (χ2n) is 3.60. The van der Waals surface area contributed by atoms with Gasteiger partial charge in [0.2, 0.25) is 0 Å². The monoisotopic (exact) mass is 196 g/mol. The van der Waals surface area contributed by atoms with Crippen LogP contribution in [0.5, 0.6) is 0 Å². The molecular formula is C9H16N4O. The van der Waals surface area contributed by atoms with Crippen molar-refractivity contribution in [3.8, 4) is 0 Å². The van der Waals surface area contributed by atoms with Gasteiger partial charge in [-0.2, -0.15) is 0 Å². The first-order valence-corrected chi connectivity index (χ1v) is 5.03. The number of hydrazine groups is 1. The minimum Gasteiger partial charge on any atom is -0.338 e. The van der Waals surface area contributed by atoms with E-state index in [1.807, 2.05) is 11.8 Å². The van der Waals surface area contributed by atoms with Crippen LogP contribution in [0.1, 0.15) is 6.92 Å². The van der Waals surface area contributed by atoms with Gasteiger partial charge in [0.05, 0.1) is 0 Å². The van der Waals surface area contributed by atoms with Crippen molar-refractivity contribution in [2.75, 3.05) is 26.2 Å². The van der Waals surface area contributed by atoms with Crippen molar-refractivity contribution in [3.05, 3.63) is 11.8 Å². The molecule has 0 aromatic rings. The first-order valence-electron chi connectivity index (χ1n) is 5.03. The van der Waals surface area contributed by atoms with Gasteiger partial charge in [-0.05, 0) is 13.0 Å². The Kier molecular flexibility index (Phi) is 2.58. The van der Waals surface area contributed by atoms with E-state index in [1.54, 1.807) is 0 Å². The molecule has 5 heteroatoms. The number of nitrogens with one attached hydrogen (secondary N) is 3. The van der Waals surface area contributed by atoms with Crippen LogP contribution in [0.15, 0.2) is 11.8 Å². The van der Waals surface area contributed by atoms with Crippen molar-refractivity contribution >= 4 is 6.03 Å². The Hall–Kier alpha value is -1.23. The maximum Gasteiger partial charge on any atom is 0.317 e. The van der Waals surface area contributed by atoms with E-state index >= 15 is 0 Å². The molecule has 1 saturated heterocycles. The van der Waals surface area contributed by atoms with E-state index < -0.39 is 0 Å². The molecule has 2 amide bonds. The molecule has 0 spiro atoms. The summed E-state index contributed by atoms with van der Waals surface area (Å²) >= 11 is 0. The highest BCUT2D eigenvalue weighted by Crippen LogP contribution is 2.18. The number of rotatable bonds is 1. The second-order valence-corrected chi connectivity index (χ2v) is 3.60. The van der Waals surface area contributed by atoms with Gasteiger partial charge in [-0.25, -0.2) is 10.2 Å². The van der Waals surface area contributed by atoms with Crippen molar-refractivity contribution in [2.24, 2.45) is 5.92 Å². The van der Waals surface area contributed by atoms with Gasteiger partial charge in [-0.1, -0.05) is 0 Å². The largest absolute Gasteiger partial charge is 0.338 e. The molecule has 2 heterocycles. The SMILES string of the molecule is CCNC(=O)N1CC=C2NNCC2C1. The molecule has 5 nitrogen and oxygen atoms in total. The van der Waals surface area contributed by atoms with Crippen molar-refractivity contribution in [1.82, 2.24) is 21.1 Å². The summed E-state index contributed by atoms with van der Waals surface area (Å²) in [5.74, 6) is 0.436. The average Bonchev–Trinajstić information content (AvgIpc) is 2.64. The van der Waals surface area contributed by atoms with Gasteiger partial charge < -0.3 is 15.6 Å². The number of hydrogen-bond donors (Lipinski definition) is 3. The van der Waals surface area contributed by atoms with E-state index in [1.165, 1.54) is 5.70 Å². The smallest absolute Gasteiger partial charge is 0.317 e. The molecule has 0 bridgehead atoms. The van der Waals surface area contributed by atoms with Gasteiger partial charge in [0.25, 0.3) is 0 Å². The number of carbonyl (C=O) groups excluding carboxylic acids is 1. The lowest BCUT2D eigenvalue weighted by atomic mass is 10.0. The fraction of sp³-hybridized carbons (Fsp3) is 0.667. The van der Waals surface area contributed by atoms with Crippen molar-refractivity contribution < 1.29 is 4.79 Å². The molecule has 3 N–H and O–H groups in total. The first-order chi connectivity index (χ1) is 6.81. The third-order valence-electron chi connectivity index (χ3n) is 2.61. The van der Waals surface area contributed by atoms with E-state index in [0.29, 0.717) is 19.0 Å². The van der Waals surface area contributed by atoms with Gasteiger partial charge in [-0.15, -0.1) is 0 Å². The molecule has 2 aliphatic heterocycles. The van der Waals surface area contributed by atoms with Crippen LogP contribution in [0.25, 0.3) is 0 Å². The molecule has 2 rings (SSSR count). The van der Waals surface area contributed by atoms with E-state index in [0.717, 1.165) is 13.1 Å². The molecule has 2 aliphatic rings. The number of nitrogens with zero attached hydrogens (tertiary/aromatic N) is 1. The highest BCUT2D eigenvalue weighted by molar-refractivity contribution is 5.74. The van der Waals surface area contributed by atoms with Gasteiger partial charge in [0.15, 0.2) is 0 Å². The zero-order valence-electron chi connectivity index (χ0n) is 8.34. The quantitative estimate of drug-likeness (QED) is 0.537. The molecule has 0 saturated carbocycles. The number of urea groups is 1. The molecule has 0 aromatic heterocycles. The van der Waals surface area contributed by atoms with Crippen LogP contribution in [0.4, 0.5) is 4.79 Å². The van der Waals surface area contributed by atoms with Gasteiger partial charge in [-0.3, -0.25) is 0 Å². The topological polar surface area (TPSA) is 56.4 Å². The molecule has 0 aliphatic carbocycles. The Morgan fingerprint density at radius 1 is 1.79 bits per heavy atom. The lowest BCUT2D eigenvalue weighted by Gasteiger charge is -2.28. The summed E-state index contributed by atoms with van der Waals surface area (Å²) in [7, 11) is 0. The van der Waals surface area contributed by atoms with Gasteiger partial charge in [0.1, 0.15) is 0 Å². The summed E-state index contributed by atoms with van der Waals surface area (Å²) in [4.78, 5) is 13.4. The molecule has 0 radical (unpaired) electrons. The van der Waals surface area contributed by atoms with E-state index in [4.69, 9.17) is 0 Å². The maximum absolute atomic E-state index is 11.5. The summed E-state index contributed by atoms with van der Waals surface area (Å²) in [6, 6.07) is 0.0368. The van der Waals surface area contributed by atoms with Crippen LogP contribution in [-0.2, 0) is 0 Å². The fourth-order valence-electron chi connectivity index (χ4n) is 1.85. The fourth-order valence-corrected chi connectivity index (χ4v) is 1.85. The predicted octanol–water partition coefficient (Wildman–Crippen LogP) is -0.361. The molecule has 1 atom stereocenters. The molecule has 1 fully saturated rings. The van der Waals surface area contributed by atoms with E-state index in [-0.39, 0.29) is 6.03 Å². The maximum atomic E-state index is 11.5. The summed E-state index contributed by atoms with van der Waals surface area (Å²) in [5.41, 5.74) is 7.41. The average molecular weight is 196 g/mol. The highest BCUT2D eigenvalue weighted by Gasteiger charge is 2.28. The zero-order chi connectivity index (χ0) is 9.97. The van der Waals surface area contributed by atoms with E-state index in [2.05, 4.69) is 22.2 Å². The molecule has 14 heavy (non-hydrogen) atoms. The van der Waals surface area contributed by atoms with Crippen LogP contribution >= 0.6 is 0 Å². The molecule has 78 valence electrons. The predicted molar refractivity (Wildman–Crippen MR) is 53.4 cm³/mol. The molecule has 1 unspecified atom stereocenters. The zero-order valence-corrected chi connectivity index (χ0v) is 8.34. The number of fused-ring (bicyclic) bond motifs is 1. The van der Waals surface area contributed by atoms with Crippen LogP contribution in [0.2, 0.25) is 0 Å². The Morgan fingerprint density at radius 3 is 3.43 bits per heavy atom. The number of hydrogen-bond acceptors (Lipinski definition) is 3.